The molecule has 39 heavy (non-hydrogen) atoms. The van der Waals surface area contributed by atoms with Crippen LogP contribution in [0.2, 0.25) is 0 Å². The van der Waals surface area contributed by atoms with Crippen LogP contribution in [0, 0.1) is 23.0 Å². The maximum absolute atomic E-state index is 14.9. The number of halogens is 2. The molecule has 3 N–H and O–H groups in total. The third-order valence-electron chi connectivity index (χ3n) is 6.11. The summed E-state index contributed by atoms with van der Waals surface area (Å²) >= 11 is 0. The SMILES string of the molecule is C=Nc1[nH]ccc1C(=NC)c1cccnc1Nc1cc(NC(=O)c2cccc(C(C)(C)C#N)c2)c(F)cc1F. The van der Waals surface area contributed by atoms with Crippen LogP contribution in [-0.2, 0) is 5.41 Å². The molecule has 0 atom stereocenters. The molecule has 2 heterocycles. The molecule has 2 aromatic carbocycles. The Morgan fingerprint density at radius 3 is 2.56 bits per heavy atom. The van der Waals surface area contributed by atoms with Crippen molar-refractivity contribution in [2.75, 3.05) is 17.7 Å². The quantitative estimate of drug-likeness (QED) is 0.235. The fraction of sp³-hybridized carbons (Fsp3) is 0.138. The topological polar surface area (TPSA) is 118 Å². The fourth-order valence-corrected chi connectivity index (χ4v) is 3.94. The van der Waals surface area contributed by atoms with Crippen LogP contribution in [0.1, 0.15) is 40.9 Å². The van der Waals surface area contributed by atoms with E-state index in [2.05, 4.69) is 43.4 Å². The van der Waals surface area contributed by atoms with Crippen LogP contribution in [0.5, 0.6) is 0 Å². The lowest BCUT2D eigenvalue weighted by molar-refractivity contribution is 0.102. The van der Waals surface area contributed by atoms with Crippen LogP contribution in [-0.4, -0.2) is 35.4 Å². The number of anilines is 3. The van der Waals surface area contributed by atoms with E-state index in [4.69, 9.17) is 0 Å². The molecule has 8 nitrogen and oxygen atoms in total. The zero-order chi connectivity index (χ0) is 28.2. The highest BCUT2D eigenvalue weighted by Gasteiger charge is 2.22. The molecule has 0 radical (unpaired) electrons. The molecule has 4 rings (SSSR count). The molecule has 196 valence electrons. The summed E-state index contributed by atoms with van der Waals surface area (Å²) in [5, 5.41) is 14.8. The van der Waals surface area contributed by atoms with Crippen molar-refractivity contribution in [3.05, 3.63) is 101 Å². The number of aromatic amines is 1. The zero-order valence-electron chi connectivity index (χ0n) is 21.5. The second kappa shape index (κ2) is 11.1. The smallest absolute Gasteiger partial charge is 0.255 e. The Bertz CT molecular complexity index is 1630. The van der Waals surface area contributed by atoms with Gasteiger partial charge in [0.05, 0.1) is 28.6 Å². The molecule has 0 aliphatic heterocycles. The van der Waals surface area contributed by atoms with Gasteiger partial charge in [-0.15, -0.1) is 0 Å². The Labute approximate surface area is 224 Å². The molecule has 0 spiro atoms. The summed E-state index contributed by atoms with van der Waals surface area (Å²) in [6.07, 6.45) is 3.21. The van der Waals surface area contributed by atoms with Gasteiger partial charge in [0, 0.05) is 42.2 Å². The number of rotatable bonds is 8. The lowest BCUT2D eigenvalue weighted by atomic mass is 9.85. The summed E-state index contributed by atoms with van der Waals surface area (Å²) in [5.74, 6) is -1.69. The van der Waals surface area contributed by atoms with Crippen molar-refractivity contribution in [3.8, 4) is 6.07 Å². The Hall–Kier alpha value is -5.17. The fourth-order valence-electron chi connectivity index (χ4n) is 3.94. The summed E-state index contributed by atoms with van der Waals surface area (Å²) in [7, 11) is 1.60. The number of carbonyl (C=O) groups is 1. The predicted molar refractivity (Wildman–Crippen MR) is 148 cm³/mol. The number of aromatic nitrogens is 2. The Kier molecular flexibility index (Phi) is 7.63. The number of nitrogens with one attached hydrogen (secondary N) is 3. The molecular weight excluding hydrogens is 500 g/mol. The van der Waals surface area contributed by atoms with Gasteiger partial charge in [0.1, 0.15) is 23.3 Å². The number of amides is 1. The summed E-state index contributed by atoms with van der Waals surface area (Å²) in [6.45, 7) is 7.02. The van der Waals surface area contributed by atoms with Crippen molar-refractivity contribution in [1.29, 1.82) is 5.26 Å². The Balaban J connectivity index is 1.66. The number of nitrogens with zero attached hydrogens (tertiary/aromatic N) is 4. The molecule has 1 amide bonds. The van der Waals surface area contributed by atoms with Crippen LogP contribution in [0.4, 0.5) is 31.8 Å². The largest absolute Gasteiger partial charge is 0.346 e. The van der Waals surface area contributed by atoms with Gasteiger partial charge in [-0.25, -0.2) is 18.8 Å². The summed E-state index contributed by atoms with van der Waals surface area (Å²) in [6, 6.07) is 15.7. The first-order chi connectivity index (χ1) is 18.7. The van der Waals surface area contributed by atoms with Crippen molar-refractivity contribution in [2.24, 2.45) is 9.98 Å². The summed E-state index contributed by atoms with van der Waals surface area (Å²) in [4.78, 5) is 28.6. The third-order valence-corrected chi connectivity index (χ3v) is 6.11. The highest BCUT2D eigenvalue weighted by atomic mass is 19.1. The second-order valence-electron chi connectivity index (χ2n) is 9.08. The molecule has 0 bridgehead atoms. The Morgan fingerprint density at radius 2 is 1.85 bits per heavy atom. The van der Waals surface area contributed by atoms with Crippen LogP contribution in [0.3, 0.4) is 0 Å². The van der Waals surface area contributed by atoms with Crippen molar-refractivity contribution in [3.63, 3.8) is 0 Å². The van der Waals surface area contributed by atoms with Crippen LogP contribution in [0.15, 0.2) is 77.0 Å². The normalized spacial score (nSPS) is 11.5. The van der Waals surface area contributed by atoms with Gasteiger partial charge in [-0.2, -0.15) is 5.26 Å². The molecule has 0 aliphatic rings. The van der Waals surface area contributed by atoms with Gasteiger partial charge in [0.2, 0.25) is 0 Å². The highest BCUT2D eigenvalue weighted by Crippen LogP contribution is 2.30. The molecule has 0 unspecified atom stereocenters. The van der Waals surface area contributed by atoms with Gasteiger partial charge in [0.25, 0.3) is 5.91 Å². The number of nitriles is 1. The van der Waals surface area contributed by atoms with Crippen molar-refractivity contribution >= 4 is 41.3 Å². The standard InChI is InChI=1S/C29H25F2N7O/c1-29(2,16-32)18-8-5-7-17(13-18)28(39)38-24-15-23(21(30)14-22(24)31)37-27-19(9-6-11-35-27)25(33-3)20-10-12-36-26(20)34-4/h5-15,36H,4H2,1-3H3,(H,35,37)(H,38,39). The average Bonchev–Trinajstić information content (AvgIpc) is 3.41. The minimum absolute atomic E-state index is 0.113. The first-order valence-corrected chi connectivity index (χ1v) is 11.8. The number of pyridine rings is 1. The summed E-state index contributed by atoms with van der Waals surface area (Å²) < 4.78 is 29.6. The first kappa shape index (κ1) is 26.9. The van der Waals surface area contributed by atoms with E-state index in [1.54, 1.807) is 69.6 Å². The van der Waals surface area contributed by atoms with E-state index in [0.717, 1.165) is 6.07 Å². The first-order valence-electron chi connectivity index (χ1n) is 11.8. The molecule has 0 aliphatic carbocycles. The molecule has 0 saturated heterocycles. The van der Waals surface area contributed by atoms with E-state index in [1.807, 2.05) is 0 Å². The minimum atomic E-state index is -0.953. The van der Waals surface area contributed by atoms with Gasteiger partial charge in [-0.05, 0) is 62.5 Å². The van der Waals surface area contributed by atoms with E-state index in [9.17, 15) is 18.8 Å². The van der Waals surface area contributed by atoms with Crippen molar-refractivity contribution < 1.29 is 13.6 Å². The number of aliphatic imine (C=N–C) groups is 2. The lowest BCUT2D eigenvalue weighted by Crippen LogP contribution is -2.17. The summed E-state index contributed by atoms with van der Waals surface area (Å²) in [5.41, 5.74) is 1.41. The van der Waals surface area contributed by atoms with E-state index in [0.29, 0.717) is 34.3 Å². The van der Waals surface area contributed by atoms with E-state index in [-0.39, 0.29) is 22.8 Å². The average molecular weight is 526 g/mol. The van der Waals surface area contributed by atoms with Gasteiger partial charge in [-0.3, -0.25) is 9.79 Å². The molecule has 4 aromatic rings. The Morgan fingerprint density at radius 1 is 1.08 bits per heavy atom. The lowest BCUT2D eigenvalue weighted by Gasteiger charge is -2.17. The molecule has 0 fully saturated rings. The molecular formula is C29H25F2N7O. The maximum atomic E-state index is 14.9. The maximum Gasteiger partial charge on any atom is 0.255 e. The second-order valence-corrected chi connectivity index (χ2v) is 9.08. The van der Waals surface area contributed by atoms with Crippen molar-refractivity contribution in [2.45, 2.75) is 19.3 Å². The van der Waals surface area contributed by atoms with Gasteiger partial charge < -0.3 is 15.6 Å². The van der Waals surface area contributed by atoms with Crippen LogP contribution in [0.25, 0.3) is 0 Å². The number of hydrogen-bond acceptors (Lipinski definition) is 6. The van der Waals surface area contributed by atoms with Crippen LogP contribution >= 0.6 is 0 Å². The number of carbonyl (C=O) groups excluding carboxylic acids is 1. The number of H-pyrrole nitrogens is 1. The number of hydrogen-bond donors (Lipinski definition) is 3. The van der Waals surface area contributed by atoms with Gasteiger partial charge in [0.15, 0.2) is 0 Å². The minimum Gasteiger partial charge on any atom is -0.346 e. The van der Waals surface area contributed by atoms with E-state index >= 15 is 0 Å². The number of benzene rings is 2. The monoisotopic (exact) mass is 525 g/mol. The zero-order valence-corrected chi connectivity index (χ0v) is 21.5. The molecule has 2 aromatic heterocycles. The van der Waals surface area contributed by atoms with E-state index in [1.165, 1.54) is 6.20 Å². The van der Waals surface area contributed by atoms with E-state index < -0.39 is 23.0 Å². The van der Waals surface area contributed by atoms with Crippen molar-refractivity contribution in [1.82, 2.24) is 9.97 Å². The molecule has 10 heteroatoms. The highest BCUT2D eigenvalue weighted by molar-refractivity contribution is 6.18. The molecule has 0 saturated carbocycles. The predicted octanol–water partition coefficient (Wildman–Crippen LogP) is 6.28. The third kappa shape index (κ3) is 5.57. The van der Waals surface area contributed by atoms with Gasteiger partial charge in [-0.1, -0.05) is 12.1 Å². The van der Waals surface area contributed by atoms with Crippen LogP contribution < -0.4 is 10.6 Å². The van der Waals surface area contributed by atoms with Gasteiger partial charge >= 0.3 is 0 Å².